The molecule has 2 rings (SSSR count). The Balaban J connectivity index is 2.38. The summed E-state index contributed by atoms with van der Waals surface area (Å²) in [6.45, 7) is 1.28. The Kier molecular flexibility index (Phi) is 3.86. The Bertz CT molecular complexity index is 749. The van der Waals surface area contributed by atoms with Gasteiger partial charge in [0.2, 0.25) is 0 Å². The number of halogens is 3. The van der Waals surface area contributed by atoms with Gasteiger partial charge in [0.15, 0.2) is 0 Å². The van der Waals surface area contributed by atoms with Crippen LogP contribution in [0.25, 0.3) is 0 Å². The van der Waals surface area contributed by atoms with Crippen molar-refractivity contribution >= 4 is 17.3 Å². The van der Waals surface area contributed by atoms with E-state index < -0.39 is 23.3 Å². The minimum atomic E-state index is -4.56. The highest BCUT2D eigenvalue weighted by molar-refractivity contribution is 7.13. The van der Waals surface area contributed by atoms with Crippen LogP contribution in [0.3, 0.4) is 0 Å². The second-order valence-electron chi connectivity index (χ2n) is 4.21. The number of nitrogens with zero attached hydrogens (tertiary/aromatic N) is 2. The first-order valence-electron chi connectivity index (χ1n) is 5.66. The second-order valence-corrected chi connectivity index (χ2v) is 5.29. The maximum atomic E-state index is 12.6. The van der Waals surface area contributed by atoms with Crippen LogP contribution in [0.4, 0.5) is 13.2 Å². The van der Waals surface area contributed by atoms with Gasteiger partial charge in [0.25, 0.3) is 5.56 Å². The third-order valence-electron chi connectivity index (χ3n) is 2.65. The number of hydrogen-bond acceptors (Lipinski definition) is 4. The van der Waals surface area contributed by atoms with Gasteiger partial charge in [-0.25, -0.2) is 9.78 Å². The third-order valence-corrected chi connectivity index (χ3v) is 3.78. The maximum absolute atomic E-state index is 12.6. The molecule has 112 valence electrons. The van der Waals surface area contributed by atoms with Crippen LogP contribution in [0.5, 0.6) is 0 Å². The number of thiazole rings is 1. The van der Waals surface area contributed by atoms with Gasteiger partial charge in [-0.1, -0.05) is 0 Å². The molecule has 0 aliphatic rings. The molecule has 0 radical (unpaired) electrons. The fraction of sp³-hybridized carbons (Fsp3) is 0.250. The molecule has 21 heavy (non-hydrogen) atoms. The van der Waals surface area contributed by atoms with Crippen molar-refractivity contribution in [2.45, 2.75) is 19.6 Å². The molecule has 5 nitrogen and oxygen atoms in total. The number of carbonyl (C=O) groups is 1. The Morgan fingerprint density at radius 3 is 2.62 bits per heavy atom. The molecule has 0 spiro atoms. The first-order valence-corrected chi connectivity index (χ1v) is 6.47. The van der Waals surface area contributed by atoms with E-state index in [0.717, 1.165) is 22.0 Å². The molecule has 0 aromatic carbocycles. The van der Waals surface area contributed by atoms with E-state index >= 15 is 0 Å². The Morgan fingerprint density at radius 1 is 1.43 bits per heavy atom. The number of aromatic carboxylic acids is 1. The quantitative estimate of drug-likeness (QED) is 0.943. The number of hydrogen-bond donors (Lipinski definition) is 1. The molecule has 2 heterocycles. The third kappa shape index (κ3) is 3.30. The lowest BCUT2D eigenvalue weighted by molar-refractivity contribution is -0.138. The summed E-state index contributed by atoms with van der Waals surface area (Å²) in [5.74, 6) is -1.16. The van der Waals surface area contributed by atoms with Crippen molar-refractivity contribution in [1.82, 2.24) is 9.55 Å². The molecule has 1 N–H and O–H groups in total. The molecule has 0 saturated carbocycles. The standard InChI is InChI=1S/C12H9F3N2O3S/c1-6-10(11(19)20)21-8(16-6)5-17-4-7(12(13,14)15)2-3-9(17)18/h2-4H,5H2,1H3,(H,19,20). The minimum absolute atomic E-state index is 0.00465. The van der Waals surface area contributed by atoms with Crippen molar-refractivity contribution in [2.75, 3.05) is 0 Å². The number of pyridine rings is 1. The van der Waals surface area contributed by atoms with E-state index in [2.05, 4.69) is 4.98 Å². The maximum Gasteiger partial charge on any atom is 0.417 e. The Labute approximate surface area is 120 Å². The molecule has 0 unspecified atom stereocenters. The van der Waals surface area contributed by atoms with E-state index in [-0.39, 0.29) is 22.1 Å². The first kappa shape index (κ1) is 15.2. The molecule has 0 atom stereocenters. The molecule has 0 bridgehead atoms. The molecular weight excluding hydrogens is 309 g/mol. The van der Waals surface area contributed by atoms with E-state index in [1.54, 1.807) is 0 Å². The van der Waals surface area contributed by atoms with Crippen molar-refractivity contribution < 1.29 is 23.1 Å². The number of alkyl halides is 3. The Morgan fingerprint density at radius 2 is 2.10 bits per heavy atom. The summed E-state index contributed by atoms with van der Waals surface area (Å²) < 4.78 is 38.7. The van der Waals surface area contributed by atoms with Crippen LogP contribution in [-0.4, -0.2) is 20.6 Å². The largest absolute Gasteiger partial charge is 0.477 e. The van der Waals surface area contributed by atoms with Crippen molar-refractivity contribution in [3.63, 3.8) is 0 Å². The average molecular weight is 318 g/mol. The summed E-state index contributed by atoms with van der Waals surface area (Å²) in [6, 6.07) is 1.52. The highest BCUT2D eigenvalue weighted by Crippen LogP contribution is 2.28. The highest BCUT2D eigenvalue weighted by atomic mass is 32.1. The summed E-state index contributed by atoms with van der Waals surface area (Å²) in [5.41, 5.74) is -1.30. The number of carboxylic acid groups (broad SMARTS) is 1. The molecule has 9 heteroatoms. The average Bonchev–Trinajstić information content (AvgIpc) is 2.72. The van der Waals surface area contributed by atoms with Crippen LogP contribution in [0, 0.1) is 6.92 Å². The van der Waals surface area contributed by atoms with Gasteiger partial charge in [0, 0.05) is 12.3 Å². The van der Waals surface area contributed by atoms with Crippen molar-refractivity contribution in [1.29, 1.82) is 0 Å². The Hall–Kier alpha value is -2.16. The lowest BCUT2D eigenvalue weighted by Gasteiger charge is -2.09. The number of aromatic nitrogens is 2. The fourth-order valence-electron chi connectivity index (χ4n) is 1.69. The predicted octanol–water partition coefficient (Wildman–Crippen LogP) is 2.38. The van der Waals surface area contributed by atoms with Gasteiger partial charge >= 0.3 is 12.1 Å². The van der Waals surface area contributed by atoms with Gasteiger partial charge < -0.3 is 9.67 Å². The zero-order valence-corrected chi connectivity index (χ0v) is 11.5. The van der Waals surface area contributed by atoms with Crippen LogP contribution in [0.2, 0.25) is 0 Å². The normalized spacial score (nSPS) is 11.6. The summed E-state index contributed by atoms with van der Waals surface area (Å²) in [5, 5.41) is 9.16. The molecule has 2 aromatic rings. The van der Waals surface area contributed by atoms with E-state index in [1.807, 2.05) is 0 Å². The topological polar surface area (TPSA) is 72.2 Å². The summed E-state index contributed by atoms with van der Waals surface area (Å²) in [7, 11) is 0. The lowest BCUT2D eigenvalue weighted by Crippen LogP contribution is -2.21. The molecule has 0 amide bonds. The number of carboxylic acids is 1. The van der Waals surface area contributed by atoms with Crippen LogP contribution in [-0.2, 0) is 12.7 Å². The predicted molar refractivity (Wildman–Crippen MR) is 68.6 cm³/mol. The molecule has 0 fully saturated rings. The van der Waals surface area contributed by atoms with E-state index in [0.29, 0.717) is 12.3 Å². The summed E-state index contributed by atoms with van der Waals surface area (Å²) in [6.07, 6.45) is -3.86. The van der Waals surface area contributed by atoms with Crippen LogP contribution >= 0.6 is 11.3 Å². The van der Waals surface area contributed by atoms with Gasteiger partial charge in [-0.2, -0.15) is 13.2 Å². The fourth-order valence-corrected chi connectivity index (χ4v) is 2.59. The number of rotatable bonds is 3. The van der Waals surface area contributed by atoms with Crippen LogP contribution in [0.15, 0.2) is 23.1 Å². The van der Waals surface area contributed by atoms with Gasteiger partial charge in [-0.05, 0) is 13.0 Å². The van der Waals surface area contributed by atoms with Crippen molar-refractivity contribution in [3.8, 4) is 0 Å². The smallest absolute Gasteiger partial charge is 0.417 e. The lowest BCUT2D eigenvalue weighted by atomic mass is 10.3. The van der Waals surface area contributed by atoms with E-state index in [4.69, 9.17) is 5.11 Å². The van der Waals surface area contributed by atoms with E-state index in [1.165, 1.54) is 6.92 Å². The zero-order valence-electron chi connectivity index (χ0n) is 10.6. The molecule has 0 saturated heterocycles. The number of aryl methyl sites for hydroxylation is 1. The van der Waals surface area contributed by atoms with Crippen LogP contribution < -0.4 is 5.56 Å². The SMILES string of the molecule is Cc1nc(Cn2cc(C(F)(F)F)ccc2=O)sc1C(=O)O. The van der Waals surface area contributed by atoms with E-state index in [9.17, 15) is 22.8 Å². The van der Waals surface area contributed by atoms with Crippen LogP contribution in [0.1, 0.15) is 25.9 Å². The van der Waals surface area contributed by atoms with Gasteiger partial charge in [0.05, 0.1) is 17.8 Å². The highest BCUT2D eigenvalue weighted by Gasteiger charge is 2.31. The van der Waals surface area contributed by atoms with Gasteiger partial charge in [-0.3, -0.25) is 4.79 Å². The molecule has 2 aromatic heterocycles. The first-order chi connectivity index (χ1) is 9.68. The van der Waals surface area contributed by atoms with Crippen molar-refractivity contribution in [2.24, 2.45) is 0 Å². The summed E-state index contributed by atoms with van der Waals surface area (Å²) >= 11 is 0.833. The summed E-state index contributed by atoms with van der Waals surface area (Å²) in [4.78, 5) is 26.4. The van der Waals surface area contributed by atoms with Crippen molar-refractivity contribution in [3.05, 3.63) is 49.8 Å². The minimum Gasteiger partial charge on any atom is -0.477 e. The zero-order chi connectivity index (χ0) is 15.8. The second kappa shape index (κ2) is 5.32. The monoisotopic (exact) mass is 318 g/mol. The van der Waals surface area contributed by atoms with Gasteiger partial charge in [-0.15, -0.1) is 11.3 Å². The molecule has 0 aliphatic heterocycles. The molecule has 0 aliphatic carbocycles. The molecular formula is C12H9F3N2O3S. The van der Waals surface area contributed by atoms with Gasteiger partial charge in [0.1, 0.15) is 9.88 Å².